The minimum absolute atomic E-state index is 0.197. The van der Waals surface area contributed by atoms with Crippen LogP contribution in [-0.2, 0) is 0 Å². The van der Waals surface area contributed by atoms with Gasteiger partial charge in [-0.15, -0.1) is 0 Å². The van der Waals surface area contributed by atoms with E-state index in [1.165, 1.54) is 5.56 Å². The van der Waals surface area contributed by atoms with Gasteiger partial charge in [-0.05, 0) is 38.5 Å². The standard InChI is InChI=1S/C13H18O2/c1-8-5-6-12-13(7-8)15-11(4)9(2)10(3)14-12/h5-7,9-11H,1-4H3/t9-,10+,11-/m0/s1. The topological polar surface area (TPSA) is 18.5 Å². The van der Waals surface area contributed by atoms with E-state index in [1.54, 1.807) is 0 Å². The highest BCUT2D eigenvalue weighted by atomic mass is 16.5. The molecule has 0 amide bonds. The van der Waals surface area contributed by atoms with Crippen molar-refractivity contribution >= 4 is 0 Å². The van der Waals surface area contributed by atoms with E-state index in [0.29, 0.717) is 5.92 Å². The van der Waals surface area contributed by atoms with Gasteiger partial charge in [-0.3, -0.25) is 0 Å². The lowest BCUT2D eigenvalue weighted by Gasteiger charge is -2.21. The summed E-state index contributed by atoms with van der Waals surface area (Å²) < 4.78 is 11.8. The lowest BCUT2D eigenvalue weighted by atomic mass is 10.0. The van der Waals surface area contributed by atoms with Gasteiger partial charge in [0.25, 0.3) is 0 Å². The third kappa shape index (κ3) is 1.94. The maximum atomic E-state index is 5.90. The molecule has 0 bridgehead atoms. The quantitative estimate of drug-likeness (QED) is 0.649. The molecule has 0 spiro atoms. The number of hydrogen-bond acceptors (Lipinski definition) is 2. The van der Waals surface area contributed by atoms with Crippen molar-refractivity contribution < 1.29 is 9.47 Å². The molecule has 2 rings (SSSR count). The largest absolute Gasteiger partial charge is 0.486 e. The zero-order chi connectivity index (χ0) is 11.0. The molecule has 0 N–H and O–H groups in total. The third-order valence-electron chi connectivity index (χ3n) is 3.21. The van der Waals surface area contributed by atoms with E-state index < -0.39 is 0 Å². The molecule has 15 heavy (non-hydrogen) atoms. The Morgan fingerprint density at radius 2 is 1.53 bits per heavy atom. The molecule has 0 aliphatic carbocycles. The number of benzene rings is 1. The van der Waals surface area contributed by atoms with Crippen molar-refractivity contribution in [3.63, 3.8) is 0 Å². The lowest BCUT2D eigenvalue weighted by molar-refractivity contribution is 0.101. The van der Waals surface area contributed by atoms with Crippen molar-refractivity contribution in [3.05, 3.63) is 23.8 Å². The molecule has 0 radical (unpaired) electrons. The van der Waals surface area contributed by atoms with Crippen LogP contribution in [0.2, 0.25) is 0 Å². The van der Waals surface area contributed by atoms with Crippen LogP contribution in [-0.4, -0.2) is 12.2 Å². The summed E-state index contributed by atoms with van der Waals surface area (Å²) >= 11 is 0. The fourth-order valence-corrected chi connectivity index (χ4v) is 1.80. The lowest BCUT2D eigenvalue weighted by Crippen LogP contribution is -2.30. The van der Waals surface area contributed by atoms with E-state index in [1.807, 2.05) is 12.1 Å². The number of hydrogen-bond donors (Lipinski definition) is 0. The summed E-state index contributed by atoms with van der Waals surface area (Å²) in [6.45, 7) is 8.42. The van der Waals surface area contributed by atoms with Crippen molar-refractivity contribution in [2.45, 2.75) is 39.9 Å². The molecule has 2 heteroatoms. The first-order chi connectivity index (χ1) is 7.08. The number of fused-ring (bicyclic) bond motifs is 1. The first kappa shape index (κ1) is 10.3. The van der Waals surface area contributed by atoms with Crippen LogP contribution in [0.1, 0.15) is 26.3 Å². The Morgan fingerprint density at radius 3 is 2.20 bits per heavy atom. The Kier molecular flexibility index (Phi) is 2.59. The molecule has 82 valence electrons. The van der Waals surface area contributed by atoms with Gasteiger partial charge in [0.1, 0.15) is 12.2 Å². The van der Waals surface area contributed by atoms with Crippen LogP contribution in [0.5, 0.6) is 11.5 Å². The SMILES string of the molecule is Cc1ccc2c(c1)O[C@@H](C)[C@@H](C)[C@@H](C)O2. The molecule has 1 aliphatic rings. The fraction of sp³-hybridized carbons (Fsp3) is 0.538. The highest BCUT2D eigenvalue weighted by molar-refractivity contribution is 5.43. The molecular weight excluding hydrogens is 188 g/mol. The predicted octanol–water partition coefficient (Wildman–Crippen LogP) is 3.18. The van der Waals surface area contributed by atoms with Gasteiger partial charge in [-0.2, -0.15) is 0 Å². The van der Waals surface area contributed by atoms with Crippen molar-refractivity contribution in [2.75, 3.05) is 0 Å². The number of aryl methyl sites for hydroxylation is 1. The van der Waals surface area contributed by atoms with Crippen molar-refractivity contribution in [1.29, 1.82) is 0 Å². The minimum Gasteiger partial charge on any atom is -0.486 e. The maximum Gasteiger partial charge on any atom is 0.161 e. The molecule has 0 fully saturated rings. The Bertz CT molecular complexity index is 360. The summed E-state index contributed by atoms with van der Waals surface area (Å²) in [6.07, 6.45) is 0.395. The van der Waals surface area contributed by atoms with E-state index in [2.05, 4.69) is 33.8 Å². The smallest absolute Gasteiger partial charge is 0.161 e. The van der Waals surface area contributed by atoms with Crippen LogP contribution < -0.4 is 9.47 Å². The van der Waals surface area contributed by atoms with E-state index in [-0.39, 0.29) is 12.2 Å². The number of ether oxygens (including phenoxy) is 2. The van der Waals surface area contributed by atoms with Gasteiger partial charge in [0.2, 0.25) is 0 Å². The summed E-state index contributed by atoms with van der Waals surface area (Å²) in [7, 11) is 0. The van der Waals surface area contributed by atoms with Gasteiger partial charge in [0.15, 0.2) is 11.5 Å². The molecule has 0 aromatic heterocycles. The second kappa shape index (κ2) is 3.76. The molecule has 1 aromatic carbocycles. The zero-order valence-electron chi connectivity index (χ0n) is 9.78. The van der Waals surface area contributed by atoms with E-state index in [0.717, 1.165) is 11.5 Å². The Hall–Kier alpha value is -1.18. The van der Waals surface area contributed by atoms with E-state index in [4.69, 9.17) is 9.47 Å². The summed E-state index contributed by atoms with van der Waals surface area (Å²) in [6, 6.07) is 6.08. The van der Waals surface area contributed by atoms with Crippen LogP contribution >= 0.6 is 0 Å². The first-order valence-electron chi connectivity index (χ1n) is 5.52. The van der Waals surface area contributed by atoms with E-state index in [9.17, 15) is 0 Å². The van der Waals surface area contributed by atoms with Gasteiger partial charge in [-0.25, -0.2) is 0 Å². The molecular formula is C13H18O2. The van der Waals surface area contributed by atoms with Gasteiger partial charge in [-0.1, -0.05) is 13.0 Å². The predicted molar refractivity (Wildman–Crippen MR) is 60.5 cm³/mol. The van der Waals surface area contributed by atoms with Crippen molar-refractivity contribution in [2.24, 2.45) is 5.92 Å². The van der Waals surface area contributed by atoms with Gasteiger partial charge in [0, 0.05) is 5.92 Å². The summed E-state index contributed by atoms with van der Waals surface area (Å²) in [4.78, 5) is 0. The molecule has 1 heterocycles. The van der Waals surface area contributed by atoms with Crippen LogP contribution in [0.15, 0.2) is 18.2 Å². The second-order valence-electron chi connectivity index (χ2n) is 4.46. The Labute approximate surface area is 91.2 Å². The van der Waals surface area contributed by atoms with Crippen LogP contribution in [0, 0.1) is 12.8 Å². The summed E-state index contributed by atoms with van der Waals surface area (Å²) in [5.74, 6) is 2.14. The monoisotopic (exact) mass is 206 g/mol. The molecule has 2 nitrogen and oxygen atoms in total. The molecule has 0 unspecified atom stereocenters. The average Bonchev–Trinajstić information content (AvgIpc) is 2.29. The van der Waals surface area contributed by atoms with Crippen LogP contribution in [0.25, 0.3) is 0 Å². The van der Waals surface area contributed by atoms with Gasteiger partial charge < -0.3 is 9.47 Å². The van der Waals surface area contributed by atoms with E-state index >= 15 is 0 Å². The minimum atomic E-state index is 0.197. The molecule has 0 saturated heterocycles. The Morgan fingerprint density at radius 1 is 0.933 bits per heavy atom. The normalized spacial score (nSPS) is 29.7. The Balaban J connectivity index is 2.38. The van der Waals surface area contributed by atoms with Crippen molar-refractivity contribution in [1.82, 2.24) is 0 Å². The highest BCUT2D eigenvalue weighted by Gasteiger charge is 2.27. The second-order valence-corrected chi connectivity index (χ2v) is 4.46. The van der Waals surface area contributed by atoms with Crippen LogP contribution in [0.4, 0.5) is 0 Å². The summed E-state index contributed by atoms with van der Waals surface area (Å²) in [5, 5.41) is 0. The first-order valence-corrected chi connectivity index (χ1v) is 5.52. The summed E-state index contributed by atoms with van der Waals surface area (Å²) in [5.41, 5.74) is 1.20. The highest BCUT2D eigenvalue weighted by Crippen LogP contribution is 2.35. The zero-order valence-corrected chi connectivity index (χ0v) is 9.78. The molecule has 1 aromatic rings. The van der Waals surface area contributed by atoms with Gasteiger partial charge in [0.05, 0.1) is 0 Å². The molecule has 0 saturated carbocycles. The van der Waals surface area contributed by atoms with Crippen molar-refractivity contribution in [3.8, 4) is 11.5 Å². The maximum absolute atomic E-state index is 5.90. The van der Waals surface area contributed by atoms with Crippen LogP contribution in [0.3, 0.4) is 0 Å². The third-order valence-corrected chi connectivity index (χ3v) is 3.21. The molecule has 3 atom stereocenters. The average molecular weight is 206 g/mol. The van der Waals surface area contributed by atoms with Gasteiger partial charge >= 0.3 is 0 Å². The fourth-order valence-electron chi connectivity index (χ4n) is 1.80. The molecule has 1 aliphatic heterocycles. The number of rotatable bonds is 0.